The second-order valence-electron chi connectivity index (χ2n) is 2.55. The van der Waals surface area contributed by atoms with Crippen LogP contribution < -0.4 is 0 Å². The zero-order valence-electron chi connectivity index (χ0n) is 6.35. The van der Waals surface area contributed by atoms with Crippen molar-refractivity contribution < 1.29 is 5.11 Å². The fourth-order valence-electron chi connectivity index (χ4n) is 0.828. The van der Waals surface area contributed by atoms with Crippen molar-refractivity contribution in [3.63, 3.8) is 0 Å². The lowest BCUT2D eigenvalue weighted by atomic mass is 10.1. The predicted octanol–water partition coefficient (Wildman–Crippen LogP) is 2.37. The minimum Gasteiger partial charge on any atom is -0.393 e. The first kappa shape index (κ1) is 10.2. The summed E-state index contributed by atoms with van der Waals surface area (Å²) in [7, 11) is 0. The lowest BCUT2D eigenvalue weighted by Gasteiger charge is -2.01. The lowest BCUT2D eigenvalue weighted by molar-refractivity contribution is 0.205. The lowest BCUT2D eigenvalue weighted by Crippen LogP contribution is -1.98. The van der Waals surface area contributed by atoms with Crippen molar-refractivity contribution in [2.24, 2.45) is 0 Å². The van der Waals surface area contributed by atoms with Crippen LogP contribution in [0.15, 0.2) is 0 Å². The largest absolute Gasteiger partial charge is 0.393 e. The van der Waals surface area contributed by atoms with Crippen LogP contribution in [-0.2, 0) is 0 Å². The van der Waals surface area contributed by atoms with E-state index in [1.807, 2.05) is 0 Å². The van der Waals surface area contributed by atoms with E-state index < -0.39 is 0 Å². The van der Waals surface area contributed by atoms with Crippen molar-refractivity contribution >= 4 is 11.6 Å². The van der Waals surface area contributed by atoms with Gasteiger partial charge >= 0.3 is 0 Å². The monoisotopic (exact) mass is 163 g/mol. The standard InChI is InChI=1S/C8H16ClO/c1-8(10)6-4-2-3-5-7-9/h8,10H,1-7H2. The van der Waals surface area contributed by atoms with Gasteiger partial charge in [0, 0.05) is 5.88 Å². The Balaban J connectivity index is 2.77. The highest BCUT2D eigenvalue weighted by Gasteiger charge is 1.94. The molecule has 0 heterocycles. The van der Waals surface area contributed by atoms with Gasteiger partial charge in [0.15, 0.2) is 0 Å². The first-order chi connectivity index (χ1) is 4.77. The van der Waals surface area contributed by atoms with Crippen molar-refractivity contribution in [3.05, 3.63) is 6.92 Å². The molecule has 0 aromatic carbocycles. The molecule has 0 rings (SSSR count). The second-order valence-corrected chi connectivity index (χ2v) is 2.92. The van der Waals surface area contributed by atoms with Crippen LogP contribution >= 0.6 is 11.6 Å². The van der Waals surface area contributed by atoms with Crippen LogP contribution in [0.3, 0.4) is 0 Å². The number of aliphatic hydroxyl groups excluding tert-OH is 1. The summed E-state index contributed by atoms with van der Waals surface area (Å²) in [6.45, 7) is 3.49. The topological polar surface area (TPSA) is 20.2 Å². The van der Waals surface area contributed by atoms with Crippen LogP contribution in [0.25, 0.3) is 0 Å². The highest BCUT2D eigenvalue weighted by atomic mass is 35.5. The molecular formula is C8H16ClO. The van der Waals surface area contributed by atoms with Crippen LogP contribution in [0.1, 0.15) is 32.1 Å². The molecule has 0 saturated carbocycles. The van der Waals surface area contributed by atoms with Gasteiger partial charge in [-0.05, 0) is 19.8 Å². The van der Waals surface area contributed by atoms with Crippen LogP contribution in [0, 0.1) is 6.92 Å². The molecule has 1 atom stereocenters. The Labute approximate surface area is 68.4 Å². The van der Waals surface area contributed by atoms with E-state index in [9.17, 15) is 0 Å². The van der Waals surface area contributed by atoms with E-state index in [2.05, 4.69) is 6.92 Å². The maximum Gasteiger partial charge on any atom is 0.0541 e. The van der Waals surface area contributed by atoms with E-state index in [0.717, 1.165) is 25.1 Å². The van der Waals surface area contributed by atoms with Crippen LogP contribution in [0.5, 0.6) is 0 Å². The Bertz CT molecular complexity index is 64.3. The number of rotatable bonds is 6. The summed E-state index contributed by atoms with van der Waals surface area (Å²) in [5.74, 6) is 0.757. The van der Waals surface area contributed by atoms with Gasteiger partial charge in [0.1, 0.15) is 0 Å². The minimum absolute atomic E-state index is 0.379. The molecule has 0 bridgehead atoms. The zero-order valence-corrected chi connectivity index (χ0v) is 7.11. The van der Waals surface area contributed by atoms with Crippen molar-refractivity contribution in [2.75, 3.05) is 5.88 Å². The molecule has 0 fully saturated rings. The molecule has 0 aliphatic carbocycles. The third-order valence-corrected chi connectivity index (χ3v) is 1.69. The Morgan fingerprint density at radius 1 is 1.20 bits per heavy atom. The third-order valence-electron chi connectivity index (χ3n) is 1.42. The fourth-order valence-corrected chi connectivity index (χ4v) is 1.02. The molecule has 1 radical (unpaired) electrons. The molecular weight excluding hydrogens is 148 g/mol. The molecule has 2 heteroatoms. The molecule has 61 valence electrons. The number of hydrogen-bond donors (Lipinski definition) is 1. The first-order valence-electron chi connectivity index (χ1n) is 3.84. The van der Waals surface area contributed by atoms with Crippen molar-refractivity contribution in [3.8, 4) is 0 Å². The number of hydrogen-bond acceptors (Lipinski definition) is 1. The summed E-state index contributed by atoms with van der Waals surface area (Å²) < 4.78 is 0. The molecule has 1 N–H and O–H groups in total. The second kappa shape index (κ2) is 7.36. The van der Waals surface area contributed by atoms with Crippen molar-refractivity contribution in [1.29, 1.82) is 0 Å². The summed E-state index contributed by atoms with van der Waals surface area (Å²) in [6.07, 6.45) is 4.95. The average molecular weight is 164 g/mol. The van der Waals surface area contributed by atoms with Crippen LogP contribution in [0.4, 0.5) is 0 Å². The van der Waals surface area contributed by atoms with Crippen LogP contribution in [0.2, 0.25) is 0 Å². The fraction of sp³-hybridized carbons (Fsp3) is 0.875. The molecule has 10 heavy (non-hydrogen) atoms. The van der Waals surface area contributed by atoms with E-state index in [1.165, 1.54) is 12.8 Å². The highest BCUT2D eigenvalue weighted by molar-refractivity contribution is 6.17. The summed E-state index contributed by atoms with van der Waals surface area (Å²) in [4.78, 5) is 0. The number of aliphatic hydroxyl groups is 1. The molecule has 0 aromatic heterocycles. The summed E-state index contributed by atoms with van der Waals surface area (Å²) in [5, 5.41) is 8.77. The van der Waals surface area contributed by atoms with Gasteiger partial charge in [0.25, 0.3) is 0 Å². The molecule has 0 aliphatic rings. The minimum atomic E-state index is -0.379. The summed E-state index contributed by atoms with van der Waals surface area (Å²) in [5.41, 5.74) is 0. The van der Waals surface area contributed by atoms with E-state index in [-0.39, 0.29) is 6.10 Å². The number of unbranched alkanes of at least 4 members (excludes halogenated alkanes) is 3. The summed E-state index contributed by atoms with van der Waals surface area (Å²) in [6, 6.07) is 0. The Kier molecular flexibility index (Phi) is 7.54. The predicted molar refractivity (Wildman–Crippen MR) is 45.2 cm³/mol. The van der Waals surface area contributed by atoms with E-state index in [0.29, 0.717) is 0 Å². The van der Waals surface area contributed by atoms with Gasteiger partial charge < -0.3 is 5.11 Å². The molecule has 0 aromatic rings. The quantitative estimate of drug-likeness (QED) is 0.471. The highest BCUT2D eigenvalue weighted by Crippen LogP contribution is 2.05. The van der Waals surface area contributed by atoms with Gasteiger partial charge in [-0.2, -0.15) is 0 Å². The molecule has 1 unspecified atom stereocenters. The Morgan fingerprint density at radius 2 is 1.80 bits per heavy atom. The van der Waals surface area contributed by atoms with E-state index >= 15 is 0 Å². The van der Waals surface area contributed by atoms with Gasteiger partial charge in [0.05, 0.1) is 6.10 Å². The summed E-state index contributed by atoms with van der Waals surface area (Å²) >= 11 is 5.48. The third kappa shape index (κ3) is 8.25. The molecule has 1 nitrogen and oxygen atoms in total. The van der Waals surface area contributed by atoms with Gasteiger partial charge in [-0.3, -0.25) is 0 Å². The normalized spacial score (nSPS) is 13.5. The van der Waals surface area contributed by atoms with Gasteiger partial charge in [-0.1, -0.05) is 19.3 Å². The van der Waals surface area contributed by atoms with Crippen molar-refractivity contribution in [2.45, 2.75) is 38.2 Å². The van der Waals surface area contributed by atoms with Gasteiger partial charge in [-0.25, -0.2) is 0 Å². The molecule has 0 saturated heterocycles. The molecule has 0 amide bonds. The molecule has 0 aliphatic heterocycles. The Hall–Kier alpha value is 0.250. The van der Waals surface area contributed by atoms with Crippen molar-refractivity contribution in [1.82, 2.24) is 0 Å². The average Bonchev–Trinajstić information content (AvgIpc) is 1.87. The van der Waals surface area contributed by atoms with E-state index in [1.54, 1.807) is 0 Å². The SMILES string of the molecule is [CH2]C(O)CCCCCCCl. The first-order valence-corrected chi connectivity index (χ1v) is 4.38. The Morgan fingerprint density at radius 3 is 2.30 bits per heavy atom. The van der Waals surface area contributed by atoms with Gasteiger partial charge in [0.2, 0.25) is 0 Å². The maximum absolute atomic E-state index is 8.77. The van der Waals surface area contributed by atoms with Crippen LogP contribution in [-0.4, -0.2) is 17.1 Å². The molecule has 0 spiro atoms. The smallest absolute Gasteiger partial charge is 0.0541 e. The maximum atomic E-state index is 8.77. The van der Waals surface area contributed by atoms with Gasteiger partial charge in [-0.15, -0.1) is 11.6 Å². The van der Waals surface area contributed by atoms with E-state index in [4.69, 9.17) is 16.7 Å². The number of alkyl halides is 1. The zero-order chi connectivity index (χ0) is 7.82. The number of halogens is 1.